The van der Waals surface area contributed by atoms with E-state index in [-0.39, 0.29) is 30.3 Å². The number of aliphatic hydroxyl groups is 1. The Bertz CT molecular complexity index is 937. The van der Waals surface area contributed by atoms with E-state index in [2.05, 4.69) is 5.32 Å². The number of ether oxygens (including phenoxy) is 1. The van der Waals surface area contributed by atoms with Gasteiger partial charge in [-0.3, -0.25) is 14.4 Å². The minimum atomic E-state index is -1.70. The summed E-state index contributed by atoms with van der Waals surface area (Å²) in [6.45, 7) is 2.23. The summed E-state index contributed by atoms with van der Waals surface area (Å²) < 4.78 is 32.4. The van der Waals surface area contributed by atoms with Crippen LogP contribution in [0.25, 0.3) is 0 Å². The van der Waals surface area contributed by atoms with Gasteiger partial charge in [0.2, 0.25) is 5.78 Å². The second kappa shape index (κ2) is 7.77. The topological polar surface area (TPSA) is 99.2 Å². The lowest BCUT2D eigenvalue weighted by Gasteiger charge is -2.46. The van der Waals surface area contributed by atoms with Crippen LogP contribution in [0.4, 0.5) is 8.78 Å². The molecular formula is C20H21F2N3O5. The number of Topliss-reactive ketones (excluding diaryl/α,β-unsaturated/α-hetero) is 1. The number of piperazine rings is 1. The van der Waals surface area contributed by atoms with Crippen LogP contribution in [0.1, 0.15) is 18.9 Å². The Morgan fingerprint density at radius 1 is 1.33 bits per heavy atom. The van der Waals surface area contributed by atoms with Gasteiger partial charge in [-0.1, -0.05) is 13.0 Å². The maximum Gasteiger partial charge on any atom is 0.256 e. The Balaban J connectivity index is 1.52. The quantitative estimate of drug-likeness (QED) is 0.667. The Hall–Kier alpha value is -2.85. The smallest absolute Gasteiger partial charge is 0.256 e. The molecule has 0 saturated carbocycles. The molecule has 0 bridgehead atoms. The molecule has 2 saturated heterocycles. The molecule has 2 amide bonds. The van der Waals surface area contributed by atoms with Gasteiger partial charge in [0, 0.05) is 24.4 Å². The van der Waals surface area contributed by atoms with Gasteiger partial charge in [-0.25, -0.2) is 8.78 Å². The van der Waals surface area contributed by atoms with E-state index >= 15 is 0 Å². The van der Waals surface area contributed by atoms with Gasteiger partial charge >= 0.3 is 0 Å². The predicted molar refractivity (Wildman–Crippen MR) is 98.5 cm³/mol. The summed E-state index contributed by atoms with van der Waals surface area (Å²) in [6, 6.07) is 1.70. The maximum atomic E-state index is 13.8. The molecule has 1 aromatic rings. The van der Waals surface area contributed by atoms with E-state index in [4.69, 9.17) is 4.74 Å². The van der Waals surface area contributed by atoms with Crippen molar-refractivity contribution in [2.24, 2.45) is 0 Å². The average molecular weight is 421 g/mol. The first kappa shape index (κ1) is 20.4. The predicted octanol–water partition coefficient (Wildman–Crippen LogP) is 0.0562. The zero-order valence-electron chi connectivity index (χ0n) is 16.2. The molecule has 160 valence electrons. The Morgan fingerprint density at radius 3 is 2.80 bits per heavy atom. The van der Waals surface area contributed by atoms with Crippen LogP contribution in [-0.2, 0) is 25.7 Å². The van der Waals surface area contributed by atoms with Crippen LogP contribution >= 0.6 is 0 Å². The molecule has 3 aliphatic heterocycles. The Kier molecular flexibility index (Phi) is 5.29. The monoisotopic (exact) mass is 421 g/mol. The summed E-state index contributed by atoms with van der Waals surface area (Å²) in [5.41, 5.74) is -0.298. The molecule has 4 rings (SSSR count). The number of carbonyl (C=O) groups excluding carboxylic acids is 3. The highest BCUT2D eigenvalue weighted by atomic mass is 19.1. The highest BCUT2D eigenvalue weighted by Crippen LogP contribution is 2.32. The minimum absolute atomic E-state index is 0.0424. The van der Waals surface area contributed by atoms with E-state index in [0.29, 0.717) is 19.1 Å². The molecule has 3 heterocycles. The molecule has 4 atom stereocenters. The summed E-state index contributed by atoms with van der Waals surface area (Å²) in [7, 11) is 0. The molecule has 30 heavy (non-hydrogen) atoms. The van der Waals surface area contributed by atoms with Crippen molar-refractivity contribution in [3.8, 4) is 0 Å². The first-order valence-electron chi connectivity index (χ1n) is 9.67. The first-order chi connectivity index (χ1) is 14.3. The van der Waals surface area contributed by atoms with Crippen molar-refractivity contribution in [1.29, 1.82) is 0 Å². The van der Waals surface area contributed by atoms with Crippen LogP contribution < -0.4 is 5.32 Å². The first-order valence-corrected chi connectivity index (χ1v) is 9.67. The number of nitrogens with one attached hydrogen (secondary N) is 1. The molecule has 0 spiro atoms. The van der Waals surface area contributed by atoms with Crippen LogP contribution in [0.2, 0.25) is 0 Å². The van der Waals surface area contributed by atoms with Gasteiger partial charge in [0.25, 0.3) is 11.8 Å². The van der Waals surface area contributed by atoms with E-state index in [1.165, 1.54) is 17.2 Å². The van der Waals surface area contributed by atoms with Crippen LogP contribution in [0.15, 0.2) is 30.0 Å². The van der Waals surface area contributed by atoms with Crippen molar-refractivity contribution in [3.05, 3.63) is 47.2 Å². The zero-order chi connectivity index (χ0) is 21.6. The fourth-order valence-corrected chi connectivity index (χ4v) is 4.07. The number of carbonyl (C=O) groups is 3. The summed E-state index contributed by atoms with van der Waals surface area (Å²) in [6.07, 6.45) is -0.297. The second-order valence-electron chi connectivity index (χ2n) is 7.51. The highest BCUT2D eigenvalue weighted by Gasteiger charge is 2.52. The minimum Gasteiger partial charge on any atom is -0.382 e. The number of nitrogens with zero attached hydrogens (tertiary/aromatic N) is 2. The van der Waals surface area contributed by atoms with Gasteiger partial charge in [-0.15, -0.1) is 0 Å². The molecule has 0 radical (unpaired) electrons. The highest BCUT2D eigenvalue weighted by molar-refractivity contribution is 6.22. The Morgan fingerprint density at radius 2 is 2.10 bits per heavy atom. The maximum absolute atomic E-state index is 13.8. The summed E-state index contributed by atoms with van der Waals surface area (Å²) in [5.74, 6) is -3.70. The van der Waals surface area contributed by atoms with Crippen molar-refractivity contribution in [2.45, 2.75) is 44.3 Å². The second-order valence-corrected chi connectivity index (χ2v) is 7.51. The van der Waals surface area contributed by atoms with Crippen molar-refractivity contribution >= 4 is 17.6 Å². The van der Waals surface area contributed by atoms with Crippen LogP contribution in [0.5, 0.6) is 0 Å². The number of fused-ring (bicyclic) bond motifs is 2. The van der Waals surface area contributed by atoms with Gasteiger partial charge < -0.3 is 25.0 Å². The molecular weight excluding hydrogens is 400 g/mol. The molecule has 2 N–H and O–H groups in total. The number of halogens is 2. The van der Waals surface area contributed by atoms with Gasteiger partial charge in [-0.05, 0) is 12.5 Å². The van der Waals surface area contributed by atoms with Gasteiger partial charge in [-0.2, -0.15) is 0 Å². The number of rotatable bonds is 4. The van der Waals surface area contributed by atoms with E-state index < -0.39 is 47.6 Å². The summed E-state index contributed by atoms with van der Waals surface area (Å²) in [4.78, 5) is 41.0. The average Bonchev–Trinajstić information content (AvgIpc) is 3.13. The molecule has 0 aromatic heterocycles. The molecule has 3 aliphatic rings. The largest absolute Gasteiger partial charge is 0.382 e. The van der Waals surface area contributed by atoms with Gasteiger partial charge in [0.05, 0.1) is 19.2 Å². The SMILES string of the molecule is CC[C@H]1CO[C@@H]2CN3C=C(C(=O)NCc4ccc(F)cc4F)C(=O)C(O)C3C(=O)N12. The number of benzene rings is 1. The lowest BCUT2D eigenvalue weighted by molar-refractivity contribution is -0.162. The lowest BCUT2D eigenvalue weighted by Crippen LogP contribution is -2.66. The number of ketones is 1. The molecule has 8 nitrogen and oxygen atoms in total. The normalized spacial score (nSPS) is 28.2. The number of aliphatic hydroxyl groups excluding tert-OH is 1. The van der Waals surface area contributed by atoms with Gasteiger partial charge in [0.1, 0.15) is 35.6 Å². The van der Waals surface area contributed by atoms with Crippen LogP contribution in [0, 0.1) is 11.6 Å². The molecule has 2 fully saturated rings. The van der Waals surface area contributed by atoms with Crippen molar-refractivity contribution in [3.63, 3.8) is 0 Å². The fourth-order valence-electron chi connectivity index (χ4n) is 4.07. The van der Waals surface area contributed by atoms with E-state index in [0.717, 1.165) is 6.07 Å². The number of amides is 2. The lowest BCUT2D eigenvalue weighted by atomic mass is 9.91. The third-order valence-electron chi connectivity index (χ3n) is 5.71. The van der Waals surface area contributed by atoms with E-state index in [1.807, 2.05) is 6.92 Å². The summed E-state index contributed by atoms with van der Waals surface area (Å²) in [5, 5.41) is 12.9. The van der Waals surface area contributed by atoms with Gasteiger partial charge in [0.15, 0.2) is 0 Å². The fraction of sp³-hybridized carbons (Fsp3) is 0.450. The van der Waals surface area contributed by atoms with Crippen molar-refractivity contribution in [1.82, 2.24) is 15.1 Å². The van der Waals surface area contributed by atoms with Crippen molar-refractivity contribution < 1.29 is 33.0 Å². The third-order valence-corrected chi connectivity index (χ3v) is 5.71. The molecule has 10 heteroatoms. The third kappa shape index (κ3) is 3.35. The standard InChI is InChI=1S/C20H21F2N3O5/c1-2-12-9-30-15-8-24-7-13(17(26)18(27)16(24)20(29)25(12)15)19(28)23-6-10-3-4-11(21)5-14(10)22/h3-5,7,12,15-16,18,27H,2,6,8-9H2,1H3,(H,23,28)/t12-,15+,16?,18?/m0/s1. The van der Waals surface area contributed by atoms with E-state index in [9.17, 15) is 28.3 Å². The van der Waals surface area contributed by atoms with Crippen LogP contribution in [0.3, 0.4) is 0 Å². The zero-order valence-corrected chi connectivity index (χ0v) is 16.2. The van der Waals surface area contributed by atoms with E-state index in [1.54, 1.807) is 4.90 Å². The van der Waals surface area contributed by atoms with Crippen molar-refractivity contribution in [2.75, 3.05) is 13.2 Å². The number of hydrogen-bond donors (Lipinski definition) is 2. The Labute approximate surface area is 171 Å². The molecule has 0 aliphatic carbocycles. The number of hydrogen-bond acceptors (Lipinski definition) is 6. The summed E-state index contributed by atoms with van der Waals surface area (Å²) >= 11 is 0. The van der Waals surface area contributed by atoms with Crippen LogP contribution in [-0.4, -0.2) is 70.1 Å². The molecule has 1 aromatic carbocycles. The molecule has 2 unspecified atom stereocenters.